The lowest BCUT2D eigenvalue weighted by molar-refractivity contribution is 0.0939. The highest BCUT2D eigenvalue weighted by atomic mass is 16.5. The van der Waals surface area contributed by atoms with Gasteiger partial charge in [0, 0.05) is 37.6 Å². The molecule has 0 fully saturated rings. The summed E-state index contributed by atoms with van der Waals surface area (Å²) < 4.78 is 5.49. The molecule has 2 N–H and O–H groups in total. The van der Waals surface area contributed by atoms with Crippen molar-refractivity contribution in [1.82, 2.24) is 5.32 Å². The van der Waals surface area contributed by atoms with Crippen molar-refractivity contribution in [2.24, 2.45) is 0 Å². The summed E-state index contributed by atoms with van der Waals surface area (Å²) in [5.41, 5.74) is 3.07. The van der Waals surface area contributed by atoms with Gasteiger partial charge in [-0.15, -0.1) is 0 Å². The number of carbonyl (C=O) groups is 1. The van der Waals surface area contributed by atoms with E-state index in [0.717, 1.165) is 62.1 Å². The van der Waals surface area contributed by atoms with E-state index in [-0.39, 0.29) is 5.91 Å². The molecule has 2 rings (SSSR count). The van der Waals surface area contributed by atoms with E-state index in [0.29, 0.717) is 13.2 Å². The van der Waals surface area contributed by atoms with Crippen LogP contribution < -0.4 is 10.6 Å². The maximum atomic E-state index is 12.3. The minimum Gasteiger partial charge on any atom is -0.385 e. The van der Waals surface area contributed by atoms with Crippen LogP contribution in [0.2, 0.25) is 0 Å². The number of unbranched alkanes of at least 4 members (excludes halogenated alkanes) is 1. The molecule has 0 unspecified atom stereocenters. The number of nitrogens with one attached hydrogen (secondary N) is 2. The lowest BCUT2D eigenvalue weighted by atomic mass is 9.97. The van der Waals surface area contributed by atoms with Crippen LogP contribution in [-0.2, 0) is 11.2 Å². The van der Waals surface area contributed by atoms with Crippen molar-refractivity contribution in [3.05, 3.63) is 29.3 Å². The molecule has 0 spiro atoms. The van der Waals surface area contributed by atoms with Crippen molar-refractivity contribution < 1.29 is 9.53 Å². The zero-order chi connectivity index (χ0) is 14.9. The molecule has 4 heteroatoms. The van der Waals surface area contributed by atoms with Gasteiger partial charge in [-0.2, -0.15) is 0 Å². The first-order chi connectivity index (χ1) is 10.3. The minimum absolute atomic E-state index is 0.0316. The van der Waals surface area contributed by atoms with Crippen LogP contribution in [0, 0.1) is 0 Å². The second-order valence-corrected chi connectivity index (χ2v) is 5.44. The number of benzene rings is 1. The zero-order valence-corrected chi connectivity index (χ0v) is 12.9. The molecule has 0 saturated carbocycles. The molecule has 0 atom stereocenters. The van der Waals surface area contributed by atoms with Crippen LogP contribution in [0.1, 0.15) is 48.5 Å². The molecular formula is C17H26N2O2. The molecule has 1 aromatic rings. The average molecular weight is 290 g/mol. The first-order valence-corrected chi connectivity index (χ1v) is 8.04. The molecule has 0 radical (unpaired) electrons. The Hall–Kier alpha value is -1.55. The van der Waals surface area contributed by atoms with Crippen LogP contribution in [0.3, 0.4) is 0 Å². The number of carbonyl (C=O) groups excluding carboxylic acids is 1. The molecule has 1 aliphatic rings. The number of fused-ring (bicyclic) bond motifs is 1. The van der Waals surface area contributed by atoms with Crippen molar-refractivity contribution in [3.63, 3.8) is 0 Å². The average Bonchev–Trinajstić information content (AvgIpc) is 2.53. The van der Waals surface area contributed by atoms with Crippen LogP contribution in [0.4, 0.5) is 5.69 Å². The monoisotopic (exact) mass is 290 g/mol. The second kappa shape index (κ2) is 8.67. The molecule has 0 saturated heterocycles. The van der Waals surface area contributed by atoms with Gasteiger partial charge in [-0.05, 0) is 43.4 Å². The van der Waals surface area contributed by atoms with E-state index in [1.807, 2.05) is 18.2 Å². The molecule has 116 valence electrons. The maximum absolute atomic E-state index is 12.3. The summed E-state index contributed by atoms with van der Waals surface area (Å²) in [6.07, 6.45) is 5.19. The lowest BCUT2D eigenvalue weighted by Gasteiger charge is -2.20. The van der Waals surface area contributed by atoms with Gasteiger partial charge in [0.2, 0.25) is 0 Å². The van der Waals surface area contributed by atoms with Gasteiger partial charge in [-0.3, -0.25) is 4.79 Å². The van der Waals surface area contributed by atoms with E-state index >= 15 is 0 Å². The molecule has 1 aliphatic heterocycles. The maximum Gasteiger partial charge on any atom is 0.251 e. The minimum atomic E-state index is 0.0316. The van der Waals surface area contributed by atoms with Crippen molar-refractivity contribution in [2.45, 2.75) is 39.0 Å². The number of anilines is 1. The summed E-state index contributed by atoms with van der Waals surface area (Å²) in [6, 6.07) is 5.91. The van der Waals surface area contributed by atoms with E-state index < -0.39 is 0 Å². The fourth-order valence-corrected chi connectivity index (χ4v) is 2.54. The summed E-state index contributed by atoms with van der Waals surface area (Å²) >= 11 is 0. The topological polar surface area (TPSA) is 50.4 Å². The number of amides is 1. The summed E-state index contributed by atoms with van der Waals surface area (Å²) in [6.45, 7) is 5.35. The molecule has 1 amide bonds. The van der Waals surface area contributed by atoms with E-state index in [1.54, 1.807) is 0 Å². The Balaban J connectivity index is 1.76. The Kier molecular flexibility index (Phi) is 6.54. The van der Waals surface area contributed by atoms with Crippen LogP contribution in [-0.4, -0.2) is 32.2 Å². The summed E-state index contributed by atoms with van der Waals surface area (Å²) in [4.78, 5) is 12.3. The van der Waals surface area contributed by atoms with E-state index in [4.69, 9.17) is 4.74 Å². The predicted molar refractivity (Wildman–Crippen MR) is 85.9 cm³/mol. The van der Waals surface area contributed by atoms with Gasteiger partial charge in [-0.1, -0.05) is 19.4 Å². The standard InChI is InChI=1S/C17H26N2O2/c1-2-3-12-21-13-6-11-19-17(20)15-7-4-9-16-14(15)8-5-10-18-16/h4,7,9,18H,2-3,5-6,8,10-13H2,1H3,(H,19,20). The van der Waals surface area contributed by atoms with Crippen molar-refractivity contribution >= 4 is 11.6 Å². The highest BCUT2D eigenvalue weighted by Crippen LogP contribution is 2.25. The zero-order valence-electron chi connectivity index (χ0n) is 12.9. The van der Waals surface area contributed by atoms with E-state index in [9.17, 15) is 4.79 Å². The fraction of sp³-hybridized carbons (Fsp3) is 0.588. The number of hydrogen-bond acceptors (Lipinski definition) is 3. The number of ether oxygens (including phenoxy) is 1. The highest BCUT2D eigenvalue weighted by molar-refractivity contribution is 5.97. The third-order valence-corrected chi connectivity index (χ3v) is 3.73. The van der Waals surface area contributed by atoms with Gasteiger partial charge < -0.3 is 15.4 Å². The summed E-state index contributed by atoms with van der Waals surface area (Å²) in [5, 5.41) is 6.35. The quantitative estimate of drug-likeness (QED) is 0.724. The molecule has 0 aromatic heterocycles. The van der Waals surface area contributed by atoms with Crippen LogP contribution in [0.25, 0.3) is 0 Å². The lowest BCUT2D eigenvalue weighted by Crippen LogP contribution is -2.27. The van der Waals surface area contributed by atoms with Gasteiger partial charge >= 0.3 is 0 Å². The van der Waals surface area contributed by atoms with Gasteiger partial charge in [0.15, 0.2) is 0 Å². The fourth-order valence-electron chi connectivity index (χ4n) is 2.54. The largest absolute Gasteiger partial charge is 0.385 e. The highest BCUT2D eigenvalue weighted by Gasteiger charge is 2.16. The SMILES string of the molecule is CCCCOCCCNC(=O)c1cccc2c1CCCN2. The van der Waals surface area contributed by atoms with Crippen molar-refractivity contribution in [3.8, 4) is 0 Å². The van der Waals surface area contributed by atoms with Gasteiger partial charge in [-0.25, -0.2) is 0 Å². The molecular weight excluding hydrogens is 264 g/mol. The Bertz CT molecular complexity index is 460. The number of hydrogen-bond donors (Lipinski definition) is 2. The molecule has 1 heterocycles. The van der Waals surface area contributed by atoms with Gasteiger partial charge in [0.25, 0.3) is 5.91 Å². The Morgan fingerprint density at radius 1 is 1.33 bits per heavy atom. The molecule has 1 aromatic carbocycles. The molecule has 4 nitrogen and oxygen atoms in total. The van der Waals surface area contributed by atoms with E-state index in [1.165, 1.54) is 0 Å². The smallest absolute Gasteiger partial charge is 0.251 e. The normalized spacial score (nSPS) is 13.4. The Morgan fingerprint density at radius 3 is 3.05 bits per heavy atom. The van der Waals surface area contributed by atoms with Crippen LogP contribution in [0.15, 0.2) is 18.2 Å². The first kappa shape index (κ1) is 15.8. The van der Waals surface area contributed by atoms with Crippen molar-refractivity contribution in [2.75, 3.05) is 31.6 Å². The van der Waals surface area contributed by atoms with Gasteiger partial charge in [0.1, 0.15) is 0 Å². The Morgan fingerprint density at radius 2 is 2.19 bits per heavy atom. The van der Waals surface area contributed by atoms with Crippen LogP contribution >= 0.6 is 0 Å². The molecule has 0 aliphatic carbocycles. The summed E-state index contributed by atoms with van der Waals surface area (Å²) in [5.74, 6) is 0.0316. The third kappa shape index (κ3) is 4.74. The number of rotatable bonds is 8. The second-order valence-electron chi connectivity index (χ2n) is 5.44. The molecule has 0 bridgehead atoms. The van der Waals surface area contributed by atoms with Gasteiger partial charge in [0.05, 0.1) is 0 Å². The Labute approximate surface area is 127 Å². The molecule has 21 heavy (non-hydrogen) atoms. The third-order valence-electron chi connectivity index (χ3n) is 3.73. The van der Waals surface area contributed by atoms with Crippen LogP contribution in [0.5, 0.6) is 0 Å². The summed E-state index contributed by atoms with van der Waals surface area (Å²) in [7, 11) is 0. The van der Waals surface area contributed by atoms with E-state index in [2.05, 4.69) is 17.6 Å². The van der Waals surface area contributed by atoms with Crippen molar-refractivity contribution in [1.29, 1.82) is 0 Å². The first-order valence-electron chi connectivity index (χ1n) is 8.04. The predicted octanol–water partition coefficient (Wildman–Crippen LogP) is 2.98.